The minimum Gasteiger partial charge on any atom is -0.340 e. The van der Waals surface area contributed by atoms with Crippen LogP contribution in [0.2, 0.25) is 0 Å². The van der Waals surface area contributed by atoms with Gasteiger partial charge in [0.2, 0.25) is 5.91 Å². The molecule has 1 heterocycles. The van der Waals surface area contributed by atoms with E-state index in [0.29, 0.717) is 13.0 Å². The maximum Gasteiger partial charge on any atom is 0.239 e. The van der Waals surface area contributed by atoms with Crippen LogP contribution in [0.25, 0.3) is 0 Å². The summed E-state index contributed by atoms with van der Waals surface area (Å²) in [7, 11) is 0. The first-order valence-corrected chi connectivity index (χ1v) is 4.95. The van der Waals surface area contributed by atoms with Gasteiger partial charge in [0.15, 0.2) is 0 Å². The van der Waals surface area contributed by atoms with E-state index in [1.165, 1.54) is 0 Å². The van der Waals surface area contributed by atoms with Crippen LogP contribution in [0.1, 0.15) is 26.2 Å². The molecule has 14 heavy (non-hydrogen) atoms. The van der Waals surface area contributed by atoms with Crippen molar-refractivity contribution in [3.63, 3.8) is 0 Å². The van der Waals surface area contributed by atoms with Gasteiger partial charge in [0.25, 0.3) is 0 Å². The number of nitrogens with two attached hydrogens (primary N) is 2. The Morgan fingerprint density at radius 1 is 1.64 bits per heavy atom. The molecule has 4 N–H and O–H groups in total. The number of halogens is 1. The van der Waals surface area contributed by atoms with Gasteiger partial charge in [0, 0.05) is 19.1 Å². The first-order valence-electron chi connectivity index (χ1n) is 4.95. The Hall–Kier alpha value is -0.320. The average Bonchev–Trinajstić information content (AvgIpc) is 2.15. The van der Waals surface area contributed by atoms with Crippen LogP contribution in [0.3, 0.4) is 0 Å². The van der Waals surface area contributed by atoms with Crippen LogP contribution in [0, 0.1) is 0 Å². The predicted octanol–water partition coefficient (Wildman–Crippen LogP) is 0.0952. The maximum atomic E-state index is 11.6. The second kappa shape index (κ2) is 6.22. The zero-order chi connectivity index (χ0) is 9.84. The zero-order valence-corrected chi connectivity index (χ0v) is 9.43. The van der Waals surface area contributed by atoms with Crippen LogP contribution < -0.4 is 11.5 Å². The predicted molar refractivity (Wildman–Crippen MR) is 59.3 cm³/mol. The number of hydrogen-bond acceptors (Lipinski definition) is 3. The number of hydrogen-bond donors (Lipinski definition) is 2. The molecule has 2 unspecified atom stereocenters. The van der Waals surface area contributed by atoms with Gasteiger partial charge in [-0.15, -0.1) is 12.4 Å². The molecule has 0 spiro atoms. The van der Waals surface area contributed by atoms with Gasteiger partial charge < -0.3 is 16.4 Å². The minimum absolute atomic E-state index is 0. The fourth-order valence-electron chi connectivity index (χ4n) is 1.62. The second-order valence-corrected chi connectivity index (χ2v) is 3.70. The fraction of sp³-hybridized carbons (Fsp3) is 0.889. The highest BCUT2D eigenvalue weighted by Crippen LogP contribution is 2.09. The van der Waals surface area contributed by atoms with E-state index in [0.717, 1.165) is 19.4 Å². The lowest BCUT2D eigenvalue weighted by Gasteiger charge is -2.32. The summed E-state index contributed by atoms with van der Waals surface area (Å²) in [5, 5.41) is 0. The highest BCUT2D eigenvalue weighted by atomic mass is 35.5. The van der Waals surface area contributed by atoms with Gasteiger partial charge in [-0.05, 0) is 19.3 Å². The Balaban J connectivity index is 0.00000169. The molecule has 1 amide bonds. The lowest BCUT2D eigenvalue weighted by atomic mass is 10.1. The number of carbonyl (C=O) groups is 1. The molecule has 2 atom stereocenters. The van der Waals surface area contributed by atoms with Gasteiger partial charge in [-0.3, -0.25) is 4.79 Å². The third-order valence-electron chi connectivity index (χ3n) is 2.53. The van der Waals surface area contributed by atoms with Crippen molar-refractivity contribution in [1.82, 2.24) is 4.90 Å². The van der Waals surface area contributed by atoms with Crippen molar-refractivity contribution in [3.8, 4) is 0 Å². The number of rotatable bonds is 2. The molecule has 0 aromatic rings. The quantitative estimate of drug-likeness (QED) is 0.695. The summed E-state index contributed by atoms with van der Waals surface area (Å²) in [5.41, 5.74) is 11.4. The SMILES string of the molecule is CCC(N)C(=O)N1CCCC(N)C1.Cl. The molecule has 0 aromatic carbocycles. The number of amides is 1. The first-order chi connectivity index (χ1) is 6.15. The molecule has 4 nitrogen and oxygen atoms in total. The molecule has 1 fully saturated rings. The van der Waals surface area contributed by atoms with Gasteiger partial charge in [-0.25, -0.2) is 0 Å². The van der Waals surface area contributed by atoms with Crippen LogP contribution in [-0.2, 0) is 4.79 Å². The molecule has 1 aliphatic rings. The maximum absolute atomic E-state index is 11.6. The van der Waals surface area contributed by atoms with E-state index in [9.17, 15) is 4.79 Å². The van der Waals surface area contributed by atoms with Crippen molar-refractivity contribution in [1.29, 1.82) is 0 Å². The molecule has 0 saturated carbocycles. The van der Waals surface area contributed by atoms with E-state index in [2.05, 4.69) is 0 Å². The van der Waals surface area contributed by atoms with Crippen molar-refractivity contribution in [3.05, 3.63) is 0 Å². The molecule has 1 aliphatic heterocycles. The van der Waals surface area contributed by atoms with Crippen molar-refractivity contribution in [2.75, 3.05) is 13.1 Å². The van der Waals surface area contributed by atoms with Crippen LogP contribution in [0.15, 0.2) is 0 Å². The Morgan fingerprint density at radius 2 is 2.29 bits per heavy atom. The van der Waals surface area contributed by atoms with Crippen LogP contribution >= 0.6 is 12.4 Å². The Labute approximate surface area is 91.4 Å². The molecule has 0 radical (unpaired) electrons. The summed E-state index contributed by atoms with van der Waals surface area (Å²) in [5.74, 6) is 0.0534. The summed E-state index contributed by atoms with van der Waals surface area (Å²) in [6.45, 7) is 3.42. The summed E-state index contributed by atoms with van der Waals surface area (Å²) >= 11 is 0. The Kier molecular flexibility index (Phi) is 6.08. The number of nitrogens with zero attached hydrogens (tertiary/aromatic N) is 1. The molecule has 1 rings (SSSR count). The molecule has 0 aromatic heterocycles. The van der Waals surface area contributed by atoms with Crippen molar-refractivity contribution < 1.29 is 4.79 Å². The third kappa shape index (κ3) is 3.44. The van der Waals surface area contributed by atoms with Gasteiger partial charge in [-0.1, -0.05) is 6.92 Å². The highest BCUT2D eigenvalue weighted by molar-refractivity contribution is 5.85. The van der Waals surface area contributed by atoms with E-state index >= 15 is 0 Å². The third-order valence-corrected chi connectivity index (χ3v) is 2.53. The van der Waals surface area contributed by atoms with E-state index in [4.69, 9.17) is 11.5 Å². The average molecular weight is 222 g/mol. The van der Waals surface area contributed by atoms with E-state index < -0.39 is 0 Å². The van der Waals surface area contributed by atoms with Gasteiger partial charge in [-0.2, -0.15) is 0 Å². The van der Waals surface area contributed by atoms with Crippen LogP contribution in [0.4, 0.5) is 0 Å². The highest BCUT2D eigenvalue weighted by Gasteiger charge is 2.24. The molecule has 84 valence electrons. The Morgan fingerprint density at radius 3 is 2.79 bits per heavy atom. The molecule has 0 aliphatic carbocycles. The van der Waals surface area contributed by atoms with Gasteiger partial charge in [0.05, 0.1) is 6.04 Å². The summed E-state index contributed by atoms with van der Waals surface area (Å²) in [6.07, 6.45) is 2.72. The second-order valence-electron chi connectivity index (χ2n) is 3.70. The molecule has 5 heteroatoms. The molecular formula is C9H20ClN3O. The smallest absolute Gasteiger partial charge is 0.239 e. The Bertz CT molecular complexity index is 189. The molecule has 0 bridgehead atoms. The first kappa shape index (κ1) is 13.7. The number of piperidine rings is 1. The standard InChI is InChI=1S/C9H19N3O.ClH/c1-2-8(11)9(13)12-5-3-4-7(10)6-12;/h7-8H,2-6,10-11H2,1H3;1H. The lowest BCUT2D eigenvalue weighted by molar-refractivity contribution is -0.133. The topological polar surface area (TPSA) is 72.4 Å². The van der Waals surface area contributed by atoms with Gasteiger partial charge >= 0.3 is 0 Å². The van der Waals surface area contributed by atoms with E-state index in [1.54, 1.807) is 4.90 Å². The molecular weight excluding hydrogens is 202 g/mol. The van der Waals surface area contributed by atoms with Crippen molar-refractivity contribution in [2.24, 2.45) is 11.5 Å². The summed E-state index contributed by atoms with van der Waals surface area (Å²) in [4.78, 5) is 13.4. The van der Waals surface area contributed by atoms with E-state index in [1.807, 2.05) is 6.92 Å². The molecule has 1 saturated heterocycles. The fourth-order valence-corrected chi connectivity index (χ4v) is 1.62. The van der Waals surface area contributed by atoms with Crippen molar-refractivity contribution >= 4 is 18.3 Å². The number of carbonyl (C=O) groups excluding carboxylic acids is 1. The number of likely N-dealkylation sites (tertiary alicyclic amines) is 1. The normalized spacial score (nSPS) is 23.9. The lowest BCUT2D eigenvalue weighted by Crippen LogP contribution is -2.51. The van der Waals surface area contributed by atoms with Gasteiger partial charge in [0.1, 0.15) is 0 Å². The summed E-state index contributed by atoms with van der Waals surface area (Å²) < 4.78 is 0. The monoisotopic (exact) mass is 221 g/mol. The minimum atomic E-state index is -0.342. The summed E-state index contributed by atoms with van der Waals surface area (Å²) in [6, 6.07) is -0.202. The largest absolute Gasteiger partial charge is 0.340 e. The van der Waals surface area contributed by atoms with Crippen LogP contribution in [-0.4, -0.2) is 36.0 Å². The van der Waals surface area contributed by atoms with Crippen molar-refractivity contribution in [2.45, 2.75) is 38.3 Å². The zero-order valence-electron chi connectivity index (χ0n) is 8.61. The van der Waals surface area contributed by atoms with E-state index in [-0.39, 0.29) is 30.4 Å². The van der Waals surface area contributed by atoms with Crippen LogP contribution in [0.5, 0.6) is 0 Å².